The van der Waals surface area contributed by atoms with Crippen LogP contribution in [0.5, 0.6) is 0 Å². The van der Waals surface area contributed by atoms with Gasteiger partial charge in [-0.05, 0) is 23.8 Å². The molecule has 0 saturated carbocycles. The first kappa shape index (κ1) is 15.8. The molecule has 2 aromatic rings. The van der Waals surface area contributed by atoms with Crippen LogP contribution in [0.15, 0.2) is 48.7 Å². The number of piperazine rings is 1. The second-order valence-corrected chi connectivity index (χ2v) is 5.65. The van der Waals surface area contributed by atoms with Crippen LogP contribution in [0.25, 0.3) is 0 Å². The van der Waals surface area contributed by atoms with Crippen LogP contribution < -0.4 is 4.90 Å². The SMILES string of the molecule is FC(F)(F)c1cccc(CN2CCN(c3ccccn3)CC2)c1. The van der Waals surface area contributed by atoms with E-state index in [4.69, 9.17) is 0 Å². The Kier molecular flexibility index (Phi) is 4.52. The molecule has 0 N–H and O–H groups in total. The summed E-state index contributed by atoms with van der Waals surface area (Å²) in [6, 6.07) is 11.4. The fourth-order valence-corrected chi connectivity index (χ4v) is 2.78. The number of rotatable bonds is 3. The zero-order valence-corrected chi connectivity index (χ0v) is 12.6. The molecule has 0 spiro atoms. The normalized spacial score (nSPS) is 16.6. The molecular formula is C17H18F3N3. The van der Waals surface area contributed by atoms with E-state index in [2.05, 4.69) is 14.8 Å². The molecule has 2 heterocycles. The van der Waals surface area contributed by atoms with Crippen LogP contribution in [0.3, 0.4) is 0 Å². The zero-order chi connectivity index (χ0) is 16.3. The van der Waals surface area contributed by atoms with Crippen molar-refractivity contribution >= 4 is 5.82 Å². The molecule has 1 aliphatic heterocycles. The van der Waals surface area contributed by atoms with Crippen molar-refractivity contribution < 1.29 is 13.2 Å². The largest absolute Gasteiger partial charge is 0.416 e. The molecular weight excluding hydrogens is 303 g/mol. The van der Waals surface area contributed by atoms with Gasteiger partial charge >= 0.3 is 6.18 Å². The van der Waals surface area contributed by atoms with Crippen molar-refractivity contribution in [2.75, 3.05) is 31.1 Å². The highest BCUT2D eigenvalue weighted by Crippen LogP contribution is 2.29. The third-order valence-electron chi connectivity index (χ3n) is 4.01. The third kappa shape index (κ3) is 4.01. The summed E-state index contributed by atoms with van der Waals surface area (Å²) in [4.78, 5) is 8.71. The maximum absolute atomic E-state index is 12.8. The van der Waals surface area contributed by atoms with Crippen LogP contribution in [-0.2, 0) is 12.7 Å². The quantitative estimate of drug-likeness (QED) is 0.863. The molecule has 0 amide bonds. The first-order valence-corrected chi connectivity index (χ1v) is 7.57. The van der Waals surface area contributed by atoms with Crippen molar-refractivity contribution in [1.29, 1.82) is 0 Å². The Balaban J connectivity index is 1.59. The van der Waals surface area contributed by atoms with E-state index >= 15 is 0 Å². The van der Waals surface area contributed by atoms with Gasteiger partial charge < -0.3 is 4.90 Å². The second kappa shape index (κ2) is 6.58. The monoisotopic (exact) mass is 321 g/mol. The summed E-state index contributed by atoms with van der Waals surface area (Å²) in [6.07, 6.45) is -2.52. The minimum atomic E-state index is -4.28. The van der Waals surface area contributed by atoms with E-state index in [-0.39, 0.29) is 0 Å². The van der Waals surface area contributed by atoms with Crippen molar-refractivity contribution in [3.8, 4) is 0 Å². The molecule has 0 atom stereocenters. The molecule has 1 aliphatic rings. The number of nitrogens with zero attached hydrogens (tertiary/aromatic N) is 3. The maximum Gasteiger partial charge on any atom is 0.416 e. The molecule has 1 fully saturated rings. The number of aromatic nitrogens is 1. The standard InChI is InChI=1S/C17H18F3N3/c18-17(19,20)15-5-3-4-14(12-15)13-22-8-10-23(11-9-22)16-6-1-2-7-21-16/h1-7,12H,8-11,13H2. The van der Waals surface area contributed by atoms with Crippen molar-refractivity contribution in [2.24, 2.45) is 0 Å². The van der Waals surface area contributed by atoms with Crippen LogP contribution in [0.1, 0.15) is 11.1 Å². The molecule has 3 rings (SSSR count). The summed E-state index contributed by atoms with van der Waals surface area (Å²) in [5.74, 6) is 0.950. The molecule has 1 aromatic carbocycles. The molecule has 1 saturated heterocycles. The molecule has 0 aliphatic carbocycles. The van der Waals surface area contributed by atoms with Crippen LogP contribution in [0.4, 0.5) is 19.0 Å². The van der Waals surface area contributed by atoms with E-state index < -0.39 is 11.7 Å². The predicted octanol–water partition coefficient (Wildman–Crippen LogP) is 3.42. The summed E-state index contributed by atoms with van der Waals surface area (Å²) >= 11 is 0. The minimum absolute atomic E-state index is 0.542. The number of hydrogen-bond acceptors (Lipinski definition) is 3. The number of alkyl halides is 3. The van der Waals surface area contributed by atoms with Gasteiger partial charge in [0.1, 0.15) is 5.82 Å². The van der Waals surface area contributed by atoms with E-state index in [9.17, 15) is 13.2 Å². The van der Waals surface area contributed by atoms with Crippen molar-refractivity contribution in [1.82, 2.24) is 9.88 Å². The lowest BCUT2D eigenvalue weighted by molar-refractivity contribution is -0.137. The Hall–Kier alpha value is -2.08. The first-order valence-electron chi connectivity index (χ1n) is 7.57. The van der Waals surface area contributed by atoms with Gasteiger partial charge in [-0.1, -0.05) is 24.3 Å². The molecule has 0 bridgehead atoms. The minimum Gasteiger partial charge on any atom is -0.354 e. The van der Waals surface area contributed by atoms with Crippen molar-refractivity contribution in [3.05, 3.63) is 59.8 Å². The topological polar surface area (TPSA) is 19.4 Å². The van der Waals surface area contributed by atoms with E-state index in [1.165, 1.54) is 12.1 Å². The van der Waals surface area contributed by atoms with E-state index in [0.717, 1.165) is 38.1 Å². The van der Waals surface area contributed by atoms with Crippen LogP contribution in [-0.4, -0.2) is 36.1 Å². The van der Waals surface area contributed by atoms with Gasteiger partial charge in [-0.25, -0.2) is 4.98 Å². The lowest BCUT2D eigenvalue weighted by atomic mass is 10.1. The molecule has 122 valence electrons. The van der Waals surface area contributed by atoms with Crippen LogP contribution >= 0.6 is 0 Å². The number of halogens is 3. The van der Waals surface area contributed by atoms with Gasteiger partial charge in [-0.15, -0.1) is 0 Å². The predicted molar refractivity (Wildman–Crippen MR) is 83.2 cm³/mol. The van der Waals surface area contributed by atoms with E-state index in [1.807, 2.05) is 18.2 Å². The van der Waals surface area contributed by atoms with Crippen LogP contribution in [0.2, 0.25) is 0 Å². The Morgan fingerprint density at radius 1 is 0.957 bits per heavy atom. The maximum atomic E-state index is 12.8. The van der Waals surface area contributed by atoms with Gasteiger partial charge in [-0.2, -0.15) is 13.2 Å². The van der Waals surface area contributed by atoms with Gasteiger partial charge in [0.25, 0.3) is 0 Å². The van der Waals surface area contributed by atoms with Gasteiger partial charge in [0.15, 0.2) is 0 Å². The summed E-state index contributed by atoms with van der Waals surface area (Å²) in [7, 11) is 0. The van der Waals surface area contributed by atoms with Gasteiger partial charge in [0, 0.05) is 38.9 Å². The molecule has 0 radical (unpaired) electrons. The number of anilines is 1. The molecule has 3 nitrogen and oxygen atoms in total. The zero-order valence-electron chi connectivity index (χ0n) is 12.6. The molecule has 1 aromatic heterocycles. The third-order valence-corrected chi connectivity index (χ3v) is 4.01. The highest BCUT2D eigenvalue weighted by atomic mass is 19.4. The summed E-state index contributed by atoms with van der Waals surface area (Å²) in [5, 5.41) is 0. The van der Waals surface area contributed by atoms with Gasteiger partial charge in [0.2, 0.25) is 0 Å². The van der Waals surface area contributed by atoms with Crippen molar-refractivity contribution in [3.63, 3.8) is 0 Å². The highest BCUT2D eigenvalue weighted by Gasteiger charge is 2.30. The van der Waals surface area contributed by atoms with Gasteiger partial charge in [0.05, 0.1) is 5.56 Å². The van der Waals surface area contributed by atoms with Crippen molar-refractivity contribution in [2.45, 2.75) is 12.7 Å². The number of pyridine rings is 1. The second-order valence-electron chi connectivity index (χ2n) is 5.65. The Morgan fingerprint density at radius 2 is 1.74 bits per heavy atom. The first-order chi connectivity index (χ1) is 11.0. The summed E-state index contributed by atoms with van der Waals surface area (Å²) in [6.45, 7) is 3.82. The average Bonchev–Trinajstić information content (AvgIpc) is 2.56. The lowest BCUT2D eigenvalue weighted by Crippen LogP contribution is -2.46. The fourth-order valence-electron chi connectivity index (χ4n) is 2.78. The highest BCUT2D eigenvalue weighted by molar-refractivity contribution is 5.38. The Morgan fingerprint density at radius 3 is 2.39 bits per heavy atom. The van der Waals surface area contributed by atoms with E-state index in [0.29, 0.717) is 12.1 Å². The average molecular weight is 321 g/mol. The Labute approximate surface area is 133 Å². The van der Waals surface area contributed by atoms with Gasteiger partial charge in [-0.3, -0.25) is 4.90 Å². The fraction of sp³-hybridized carbons (Fsp3) is 0.353. The molecule has 23 heavy (non-hydrogen) atoms. The lowest BCUT2D eigenvalue weighted by Gasteiger charge is -2.35. The van der Waals surface area contributed by atoms with E-state index in [1.54, 1.807) is 12.3 Å². The Bertz CT molecular complexity index is 635. The molecule has 6 heteroatoms. The summed E-state index contributed by atoms with van der Waals surface area (Å²) in [5.41, 5.74) is 0.119. The number of benzene rings is 1. The number of hydrogen-bond donors (Lipinski definition) is 0. The molecule has 0 unspecified atom stereocenters. The summed E-state index contributed by atoms with van der Waals surface area (Å²) < 4.78 is 38.3. The van der Waals surface area contributed by atoms with Crippen LogP contribution in [0, 0.1) is 0 Å². The smallest absolute Gasteiger partial charge is 0.354 e.